The van der Waals surface area contributed by atoms with Crippen LogP contribution in [0, 0.1) is 0 Å². The van der Waals surface area contributed by atoms with Gasteiger partial charge in [-0.2, -0.15) is 0 Å². The molecule has 0 spiro atoms. The van der Waals surface area contributed by atoms with Gasteiger partial charge in [-0.1, -0.05) is 12.1 Å². The van der Waals surface area contributed by atoms with E-state index in [9.17, 15) is 4.79 Å². The highest BCUT2D eigenvalue weighted by Gasteiger charge is 2.10. The molecule has 4 nitrogen and oxygen atoms in total. The van der Waals surface area contributed by atoms with Crippen molar-refractivity contribution in [2.45, 2.75) is 6.54 Å². The fourth-order valence-electron chi connectivity index (χ4n) is 2.08. The van der Waals surface area contributed by atoms with Crippen molar-refractivity contribution in [3.8, 4) is 5.75 Å². The molecule has 21 heavy (non-hydrogen) atoms. The lowest BCUT2D eigenvalue weighted by atomic mass is 10.1. The van der Waals surface area contributed by atoms with Crippen LogP contribution in [0.25, 0.3) is 0 Å². The monoisotopic (exact) mass is 349 g/mol. The number of carboxylic acids is 1. The Morgan fingerprint density at radius 1 is 1.29 bits per heavy atom. The van der Waals surface area contributed by atoms with E-state index < -0.39 is 5.97 Å². The van der Waals surface area contributed by atoms with Crippen LogP contribution in [0.15, 0.2) is 46.9 Å². The third-order valence-electron chi connectivity index (χ3n) is 3.16. The molecule has 110 valence electrons. The van der Waals surface area contributed by atoms with Gasteiger partial charge in [-0.25, -0.2) is 4.79 Å². The molecule has 0 aromatic heterocycles. The molecule has 2 aromatic carbocycles. The third-order valence-corrected chi connectivity index (χ3v) is 3.79. The van der Waals surface area contributed by atoms with Gasteiger partial charge in [0.15, 0.2) is 0 Å². The quantitative estimate of drug-likeness (QED) is 0.891. The van der Waals surface area contributed by atoms with Crippen LogP contribution in [-0.4, -0.2) is 25.2 Å². The van der Waals surface area contributed by atoms with E-state index in [-0.39, 0.29) is 5.56 Å². The van der Waals surface area contributed by atoms with Gasteiger partial charge >= 0.3 is 5.97 Å². The average Bonchev–Trinajstić information content (AvgIpc) is 2.47. The molecule has 0 fully saturated rings. The Bertz CT molecular complexity index is 658. The number of anilines is 1. The van der Waals surface area contributed by atoms with Crippen molar-refractivity contribution in [1.29, 1.82) is 0 Å². The molecule has 0 heterocycles. The number of rotatable bonds is 5. The van der Waals surface area contributed by atoms with E-state index in [1.807, 2.05) is 36.2 Å². The maximum absolute atomic E-state index is 10.9. The molecule has 0 radical (unpaired) electrons. The van der Waals surface area contributed by atoms with Crippen molar-refractivity contribution in [2.24, 2.45) is 0 Å². The van der Waals surface area contributed by atoms with Gasteiger partial charge in [0.1, 0.15) is 5.75 Å². The molecular weight excluding hydrogens is 334 g/mol. The van der Waals surface area contributed by atoms with Gasteiger partial charge in [0.2, 0.25) is 0 Å². The number of ether oxygens (including phenoxy) is 1. The summed E-state index contributed by atoms with van der Waals surface area (Å²) in [5.74, 6) is -0.112. The molecule has 1 N–H and O–H groups in total. The highest BCUT2D eigenvalue weighted by atomic mass is 79.9. The Kier molecular flexibility index (Phi) is 4.85. The second kappa shape index (κ2) is 6.63. The standard InChI is InChI=1S/C16H16BrNO3/c1-18(10-11-4-3-5-13(8-11)21-2)15-7-6-12(16(19)20)9-14(15)17/h3-9H,10H2,1-2H3,(H,19,20). The molecule has 0 unspecified atom stereocenters. The van der Waals surface area contributed by atoms with Gasteiger partial charge in [0.05, 0.1) is 18.4 Å². The number of hydrogen-bond donors (Lipinski definition) is 1. The van der Waals surface area contributed by atoms with E-state index in [0.717, 1.165) is 21.5 Å². The zero-order valence-electron chi connectivity index (χ0n) is 11.8. The highest BCUT2D eigenvalue weighted by molar-refractivity contribution is 9.10. The summed E-state index contributed by atoms with van der Waals surface area (Å²) in [6, 6.07) is 12.9. The minimum atomic E-state index is -0.933. The van der Waals surface area contributed by atoms with Gasteiger partial charge in [0.25, 0.3) is 0 Å². The normalized spacial score (nSPS) is 10.2. The van der Waals surface area contributed by atoms with Crippen molar-refractivity contribution in [1.82, 2.24) is 0 Å². The Morgan fingerprint density at radius 3 is 2.67 bits per heavy atom. The van der Waals surface area contributed by atoms with Crippen LogP contribution in [0.1, 0.15) is 15.9 Å². The fourth-order valence-corrected chi connectivity index (χ4v) is 2.76. The van der Waals surface area contributed by atoms with Crippen molar-refractivity contribution in [2.75, 3.05) is 19.1 Å². The Hall–Kier alpha value is -2.01. The molecule has 0 saturated carbocycles. The van der Waals surface area contributed by atoms with Crippen LogP contribution in [-0.2, 0) is 6.54 Å². The summed E-state index contributed by atoms with van der Waals surface area (Å²) in [5, 5.41) is 8.98. The van der Waals surface area contributed by atoms with Crippen molar-refractivity contribution in [3.05, 3.63) is 58.1 Å². The Balaban J connectivity index is 2.19. The number of carbonyl (C=O) groups is 1. The number of aromatic carboxylic acids is 1. The molecule has 5 heteroatoms. The molecular formula is C16H16BrNO3. The first kappa shape index (κ1) is 15.4. The lowest BCUT2D eigenvalue weighted by Gasteiger charge is -2.21. The van der Waals surface area contributed by atoms with Crippen LogP contribution >= 0.6 is 15.9 Å². The van der Waals surface area contributed by atoms with Gasteiger partial charge < -0.3 is 14.7 Å². The number of benzene rings is 2. The van der Waals surface area contributed by atoms with E-state index in [1.54, 1.807) is 25.3 Å². The number of carboxylic acid groups (broad SMARTS) is 1. The van der Waals surface area contributed by atoms with Crippen LogP contribution in [0.5, 0.6) is 5.75 Å². The number of nitrogens with zero attached hydrogens (tertiary/aromatic N) is 1. The smallest absolute Gasteiger partial charge is 0.335 e. The summed E-state index contributed by atoms with van der Waals surface area (Å²) < 4.78 is 5.97. The molecule has 0 aliphatic rings. The number of halogens is 1. The molecule has 0 aliphatic carbocycles. The Morgan fingerprint density at radius 2 is 2.05 bits per heavy atom. The molecule has 2 rings (SSSR count). The minimum Gasteiger partial charge on any atom is -0.497 e. The van der Waals surface area contributed by atoms with E-state index in [1.165, 1.54) is 0 Å². The molecule has 0 bridgehead atoms. The Labute approximate surface area is 132 Å². The first-order valence-corrected chi connectivity index (χ1v) is 7.17. The minimum absolute atomic E-state index is 0.264. The van der Waals surface area contributed by atoms with E-state index >= 15 is 0 Å². The maximum Gasteiger partial charge on any atom is 0.335 e. The van der Waals surface area contributed by atoms with Crippen LogP contribution in [0.3, 0.4) is 0 Å². The summed E-state index contributed by atoms with van der Waals surface area (Å²) >= 11 is 3.43. The topological polar surface area (TPSA) is 49.8 Å². The predicted molar refractivity (Wildman–Crippen MR) is 86.2 cm³/mol. The van der Waals surface area contributed by atoms with E-state index in [0.29, 0.717) is 6.54 Å². The largest absolute Gasteiger partial charge is 0.497 e. The highest BCUT2D eigenvalue weighted by Crippen LogP contribution is 2.28. The van der Waals surface area contributed by atoms with Crippen LogP contribution < -0.4 is 9.64 Å². The van der Waals surface area contributed by atoms with Gasteiger partial charge in [-0.05, 0) is 51.8 Å². The molecule has 0 aliphatic heterocycles. The lowest BCUT2D eigenvalue weighted by Crippen LogP contribution is -2.17. The summed E-state index contributed by atoms with van der Waals surface area (Å²) in [4.78, 5) is 13.0. The SMILES string of the molecule is COc1cccc(CN(C)c2ccc(C(=O)O)cc2Br)c1. The van der Waals surface area contributed by atoms with Crippen molar-refractivity contribution < 1.29 is 14.6 Å². The summed E-state index contributed by atoms with van der Waals surface area (Å²) in [6.45, 7) is 0.697. The fraction of sp³-hybridized carbons (Fsp3) is 0.188. The zero-order chi connectivity index (χ0) is 15.4. The molecule has 0 amide bonds. The maximum atomic E-state index is 10.9. The zero-order valence-corrected chi connectivity index (χ0v) is 13.4. The second-order valence-corrected chi connectivity index (χ2v) is 5.53. The lowest BCUT2D eigenvalue weighted by molar-refractivity contribution is 0.0697. The average molecular weight is 350 g/mol. The second-order valence-electron chi connectivity index (χ2n) is 4.68. The molecule has 2 aromatic rings. The predicted octanol–water partition coefficient (Wildman–Crippen LogP) is 3.79. The number of hydrogen-bond acceptors (Lipinski definition) is 3. The molecule has 0 atom stereocenters. The third kappa shape index (κ3) is 3.76. The van der Waals surface area contributed by atoms with Gasteiger partial charge in [-0.3, -0.25) is 0 Å². The van der Waals surface area contributed by atoms with Gasteiger partial charge in [-0.15, -0.1) is 0 Å². The first-order valence-electron chi connectivity index (χ1n) is 6.38. The van der Waals surface area contributed by atoms with Crippen LogP contribution in [0.4, 0.5) is 5.69 Å². The number of methoxy groups -OCH3 is 1. The summed E-state index contributed by atoms with van der Waals surface area (Å²) in [7, 11) is 3.60. The molecule has 0 saturated heterocycles. The van der Waals surface area contributed by atoms with Gasteiger partial charge in [0, 0.05) is 18.1 Å². The van der Waals surface area contributed by atoms with E-state index in [2.05, 4.69) is 15.9 Å². The first-order chi connectivity index (χ1) is 10.0. The summed E-state index contributed by atoms with van der Waals surface area (Å²) in [6.07, 6.45) is 0. The van der Waals surface area contributed by atoms with E-state index in [4.69, 9.17) is 9.84 Å². The van der Waals surface area contributed by atoms with Crippen LogP contribution in [0.2, 0.25) is 0 Å². The van der Waals surface area contributed by atoms with Crippen molar-refractivity contribution in [3.63, 3.8) is 0 Å². The van der Waals surface area contributed by atoms with Crippen molar-refractivity contribution >= 4 is 27.6 Å². The summed E-state index contributed by atoms with van der Waals surface area (Å²) in [5.41, 5.74) is 2.31.